The molecule has 0 aliphatic heterocycles. The molecule has 0 saturated carbocycles. The molecule has 0 fully saturated rings. The highest BCUT2D eigenvalue weighted by Crippen LogP contribution is 2.08. The maximum absolute atomic E-state index is 11.8. The number of aryl methyl sites for hydroxylation is 2. The average Bonchev–Trinajstić information content (AvgIpc) is 2.59. The van der Waals surface area contributed by atoms with Crippen LogP contribution in [0.4, 0.5) is 0 Å². The van der Waals surface area contributed by atoms with E-state index in [0.29, 0.717) is 17.9 Å². The zero-order chi connectivity index (χ0) is 12.8. The van der Waals surface area contributed by atoms with E-state index in [1.54, 1.807) is 20.8 Å². The molecule has 0 unspecified atom stereocenters. The Bertz CT molecular complexity index is 393. The van der Waals surface area contributed by atoms with Crippen LogP contribution in [-0.4, -0.2) is 35.2 Å². The summed E-state index contributed by atoms with van der Waals surface area (Å²) in [4.78, 5) is 22.8. The van der Waals surface area contributed by atoms with Crippen molar-refractivity contribution in [1.82, 2.24) is 15.5 Å². The Labute approximate surface area is 99.7 Å². The molecule has 1 aromatic rings. The molecular weight excluding hydrogens is 222 g/mol. The predicted molar refractivity (Wildman–Crippen MR) is 61.6 cm³/mol. The standard InChI is InChI=1S/C11H17N3O3/c1-4-17-9(15)5-6-12-11(16)10-7(2)13-14-8(10)3/h4-6H2,1-3H3,(H,12,16)(H,13,14). The number of H-pyrrole nitrogens is 1. The molecule has 0 atom stereocenters. The molecule has 0 bridgehead atoms. The molecule has 94 valence electrons. The van der Waals surface area contributed by atoms with Gasteiger partial charge in [-0.05, 0) is 20.8 Å². The van der Waals surface area contributed by atoms with Gasteiger partial charge in [0.1, 0.15) is 0 Å². The largest absolute Gasteiger partial charge is 0.466 e. The summed E-state index contributed by atoms with van der Waals surface area (Å²) < 4.78 is 4.75. The third-order valence-electron chi connectivity index (χ3n) is 2.28. The van der Waals surface area contributed by atoms with Crippen molar-refractivity contribution >= 4 is 11.9 Å². The van der Waals surface area contributed by atoms with Crippen LogP contribution in [0.5, 0.6) is 0 Å². The van der Waals surface area contributed by atoms with Crippen LogP contribution in [0.1, 0.15) is 35.1 Å². The van der Waals surface area contributed by atoms with Crippen molar-refractivity contribution in [1.29, 1.82) is 0 Å². The maximum Gasteiger partial charge on any atom is 0.307 e. The molecular formula is C11H17N3O3. The molecule has 1 rings (SSSR count). The molecule has 17 heavy (non-hydrogen) atoms. The first-order valence-corrected chi connectivity index (χ1v) is 5.51. The summed E-state index contributed by atoms with van der Waals surface area (Å²) in [5.41, 5.74) is 1.90. The molecule has 6 heteroatoms. The van der Waals surface area contributed by atoms with Gasteiger partial charge >= 0.3 is 5.97 Å². The number of carbonyl (C=O) groups excluding carboxylic acids is 2. The van der Waals surface area contributed by atoms with Crippen molar-refractivity contribution in [2.45, 2.75) is 27.2 Å². The number of hydrogen-bond donors (Lipinski definition) is 2. The molecule has 1 aromatic heterocycles. The minimum Gasteiger partial charge on any atom is -0.466 e. The van der Waals surface area contributed by atoms with Crippen LogP contribution in [0.3, 0.4) is 0 Å². The van der Waals surface area contributed by atoms with Gasteiger partial charge in [-0.1, -0.05) is 0 Å². The number of carbonyl (C=O) groups is 2. The minimum absolute atomic E-state index is 0.176. The van der Waals surface area contributed by atoms with Crippen molar-refractivity contribution < 1.29 is 14.3 Å². The van der Waals surface area contributed by atoms with E-state index in [2.05, 4.69) is 15.5 Å². The summed E-state index contributed by atoms with van der Waals surface area (Å²) in [6.07, 6.45) is 0.176. The number of aromatic nitrogens is 2. The number of nitrogens with one attached hydrogen (secondary N) is 2. The van der Waals surface area contributed by atoms with Crippen molar-refractivity contribution in [2.24, 2.45) is 0 Å². The van der Waals surface area contributed by atoms with E-state index in [9.17, 15) is 9.59 Å². The third-order valence-corrected chi connectivity index (χ3v) is 2.28. The van der Waals surface area contributed by atoms with Gasteiger partial charge < -0.3 is 10.1 Å². The second-order valence-corrected chi connectivity index (χ2v) is 3.62. The highest BCUT2D eigenvalue weighted by Gasteiger charge is 2.14. The number of amides is 1. The smallest absolute Gasteiger partial charge is 0.307 e. The van der Waals surface area contributed by atoms with Gasteiger partial charge in [-0.3, -0.25) is 14.7 Å². The van der Waals surface area contributed by atoms with Gasteiger partial charge in [0, 0.05) is 12.2 Å². The molecule has 0 aromatic carbocycles. The van der Waals surface area contributed by atoms with Crippen molar-refractivity contribution in [3.63, 3.8) is 0 Å². The van der Waals surface area contributed by atoms with E-state index in [4.69, 9.17) is 4.74 Å². The van der Waals surface area contributed by atoms with Crippen LogP contribution in [0, 0.1) is 13.8 Å². The predicted octanol–water partition coefficient (Wildman–Crippen LogP) is 0.710. The first kappa shape index (κ1) is 13.2. The molecule has 1 heterocycles. The lowest BCUT2D eigenvalue weighted by Crippen LogP contribution is -2.27. The molecule has 2 N–H and O–H groups in total. The Morgan fingerprint density at radius 2 is 2.12 bits per heavy atom. The molecule has 0 spiro atoms. The normalized spacial score (nSPS) is 10.1. The lowest BCUT2D eigenvalue weighted by molar-refractivity contribution is -0.142. The highest BCUT2D eigenvalue weighted by molar-refractivity contribution is 5.96. The number of esters is 1. The second-order valence-electron chi connectivity index (χ2n) is 3.62. The summed E-state index contributed by atoms with van der Waals surface area (Å²) in [5.74, 6) is -0.536. The quantitative estimate of drug-likeness (QED) is 0.741. The van der Waals surface area contributed by atoms with E-state index in [-0.39, 0.29) is 24.8 Å². The van der Waals surface area contributed by atoms with E-state index in [1.807, 2.05) is 0 Å². The van der Waals surface area contributed by atoms with E-state index < -0.39 is 0 Å². The molecule has 0 aliphatic carbocycles. The number of hydrogen-bond acceptors (Lipinski definition) is 4. The van der Waals surface area contributed by atoms with Crippen LogP contribution in [0.25, 0.3) is 0 Å². The molecule has 6 nitrogen and oxygen atoms in total. The number of ether oxygens (including phenoxy) is 1. The molecule has 0 saturated heterocycles. The van der Waals surface area contributed by atoms with E-state index in [1.165, 1.54) is 0 Å². The Hall–Kier alpha value is -1.85. The third kappa shape index (κ3) is 3.58. The number of nitrogens with zero attached hydrogens (tertiary/aromatic N) is 1. The van der Waals surface area contributed by atoms with Gasteiger partial charge in [-0.2, -0.15) is 5.10 Å². The van der Waals surface area contributed by atoms with E-state index in [0.717, 1.165) is 5.69 Å². The van der Waals surface area contributed by atoms with Gasteiger partial charge in [-0.25, -0.2) is 0 Å². The van der Waals surface area contributed by atoms with Crippen molar-refractivity contribution in [3.05, 3.63) is 17.0 Å². The van der Waals surface area contributed by atoms with Crippen LogP contribution < -0.4 is 5.32 Å². The zero-order valence-corrected chi connectivity index (χ0v) is 10.3. The van der Waals surface area contributed by atoms with Crippen LogP contribution >= 0.6 is 0 Å². The zero-order valence-electron chi connectivity index (χ0n) is 10.3. The van der Waals surface area contributed by atoms with Crippen LogP contribution in [0.15, 0.2) is 0 Å². The summed E-state index contributed by atoms with van der Waals surface area (Å²) in [6.45, 7) is 5.90. The second kappa shape index (κ2) is 6.03. The summed E-state index contributed by atoms with van der Waals surface area (Å²) >= 11 is 0. The fraction of sp³-hybridized carbons (Fsp3) is 0.545. The Morgan fingerprint density at radius 1 is 1.41 bits per heavy atom. The van der Waals surface area contributed by atoms with Gasteiger partial charge in [-0.15, -0.1) is 0 Å². The number of aromatic amines is 1. The SMILES string of the molecule is CCOC(=O)CCNC(=O)c1c(C)n[nH]c1C. The van der Waals surface area contributed by atoms with Gasteiger partial charge in [0.2, 0.25) is 0 Å². The van der Waals surface area contributed by atoms with Crippen molar-refractivity contribution in [2.75, 3.05) is 13.2 Å². The maximum atomic E-state index is 11.8. The summed E-state index contributed by atoms with van der Waals surface area (Å²) in [5, 5.41) is 9.32. The van der Waals surface area contributed by atoms with Gasteiger partial charge in [0.05, 0.1) is 24.3 Å². The highest BCUT2D eigenvalue weighted by atomic mass is 16.5. The molecule has 1 amide bonds. The number of rotatable bonds is 5. The first-order chi connectivity index (χ1) is 8.06. The average molecular weight is 239 g/mol. The Kier molecular flexibility index (Phi) is 4.68. The topological polar surface area (TPSA) is 84.1 Å². The Morgan fingerprint density at radius 3 is 2.65 bits per heavy atom. The van der Waals surface area contributed by atoms with Gasteiger partial charge in [0.25, 0.3) is 5.91 Å². The summed E-state index contributed by atoms with van der Waals surface area (Å²) in [7, 11) is 0. The van der Waals surface area contributed by atoms with E-state index >= 15 is 0 Å². The first-order valence-electron chi connectivity index (χ1n) is 5.51. The minimum atomic E-state index is -0.312. The molecule has 0 aliphatic rings. The summed E-state index contributed by atoms with van der Waals surface area (Å²) in [6, 6.07) is 0. The van der Waals surface area contributed by atoms with Gasteiger partial charge in [0.15, 0.2) is 0 Å². The lowest BCUT2D eigenvalue weighted by Gasteiger charge is -2.05. The fourth-order valence-corrected chi connectivity index (χ4v) is 1.49. The van der Waals surface area contributed by atoms with Crippen LogP contribution in [0.2, 0.25) is 0 Å². The lowest BCUT2D eigenvalue weighted by atomic mass is 10.2. The fourth-order valence-electron chi connectivity index (χ4n) is 1.49. The monoisotopic (exact) mass is 239 g/mol. The van der Waals surface area contributed by atoms with Crippen molar-refractivity contribution in [3.8, 4) is 0 Å². The molecule has 0 radical (unpaired) electrons. The Balaban J connectivity index is 2.43. The van der Waals surface area contributed by atoms with Crippen LogP contribution in [-0.2, 0) is 9.53 Å².